The van der Waals surface area contributed by atoms with Crippen molar-refractivity contribution in [3.63, 3.8) is 0 Å². The Bertz CT molecular complexity index is 769. The lowest BCUT2D eigenvalue weighted by molar-refractivity contribution is -0.144. The van der Waals surface area contributed by atoms with Crippen LogP contribution in [0.3, 0.4) is 0 Å². The van der Waals surface area contributed by atoms with Crippen molar-refractivity contribution in [1.29, 1.82) is 0 Å². The molecule has 0 unspecified atom stereocenters. The Labute approximate surface area is 208 Å². The summed E-state index contributed by atoms with van der Waals surface area (Å²) < 4.78 is 21.8. The molecule has 8 heteroatoms. The van der Waals surface area contributed by atoms with Crippen LogP contribution in [0.4, 0.5) is 0 Å². The minimum absolute atomic E-state index is 0.0280. The van der Waals surface area contributed by atoms with Crippen molar-refractivity contribution in [1.82, 2.24) is 4.90 Å². The molecule has 0 bridgehead atoms. The highest BCUT2D eigenvalue weighted by Crippen LogP contribution is 2.39. The highest BCUT2D eigenvalue weighted by molar-refractivity contribution is 6.21. The first-order chi connectivity index (χ1) is 16.6. The zero-order valence-corrected chi connectivity index (χ0v) is 20.8. The molecule has 190 valence electrons. The molecule has 2 fully saturated rings. The first kappa shape index (κ1) is 26.8. The van der Waals surface area contributed by atoms with Gasteiger partial charge in [0.15, 0.2) is 0 Å². The van der Waals surface area contributed by atoms with E-state index in [0.717, 1.165) is 63.6 Å². The third-order valence-electron chi connectivity index (χ3n) is 6.56. The highest BCUT2D eigenvalue weighted by Gasteiger charge is 2.41. The first-order valence-corrected chi connectivity index (χ1v) is 12.7. The van der Waals surface area contributed by atoms with Crippen molar-refractivity contribution in [2.24, 2.45) is 11.8 Å². The summed E-state index contributed by atoms with van der Waals surface area (Å²) in [5.74, 6) is 1.43. The number of rotatable bonds is 13. The molecular weight excluding hydrogens is 458 g/mol. The van der Waals surface area contributed by atoms with Crippen LogP contribution in [0.5, 0.6) is 11.5 Å². The van der Waals surface area contributed by atoms with Gasteiger partial charge in [-0.2, -0.15) is 0 Å². The summed E-state index contributed by atoms with van der Waals surface area (Å²) in [7, 11) is 1.62. The van der Waals surface area contributed by atoms with Gasteiger partial charge >= 0.3 is 5.97 Å². The molecule has 3 rings (SSSR count). The topological polar surface area (TPSA) is 77.5 Å². The molecule has 1 aliphatic carbocycles. The van der Waals surface area contributed by atoms with E-state index in [4.69, 9.17) is 30.5 Å². The number of aliphatic hydroxyl groups excluding tert-OH is 1. The van der Waals surface area contributed by atoms with Gasteiger partial charge in [-0.05, 0) is 43.7 Å². The van der Waals surface area contributed by atoms with Crippen LogP contribution >= 0.6 is 11.6 Å². The summed E-state index contributed by atoms with van der Waals surface area (Å²) in [5, 5.41) is 10.4. The zero-order chi connectivity index (χ0) is 24.2. The summed E-state index contributed by atoms with van der Waals surface area (Å²) in [5.41, 5.74) is 0. The van der Waals surface area contributed by atoms with Crippen molar-refractivity contribution in [3.05, 3.63) is 36.4 Å². The van der Waals surface area contributed by atoms with E-state index in [0.29, 0.717) is 26.1 Å². The third-order valence-corrected chi connectivity index (χ3v) is 7.06. The lowest BCUT2D eigenvalue weighted by Crippen LogP contribution is -2.38. The summed E-state index contributed by atoms with van der Waals surface area (Å²) in [6.45, 7) is 4.92. The largest absolute Gasteiger partial charge is 0.497 e. The van der Waals surface area contributed by atoms with E-state index in [1.807, 2.05) is 24.3 Å². The smallest absolute Gasteiger partial charge is 0.305 e. The number of benzene rings is 1. The van der Waals surface area contributed by atoms with Crippen LogP contribution in [0.25, 0.3) is 0 Å². The predicted molar refractivity (Wildman–Crippen MR) is 132 cm³/mol. The molecule has 1 aromatic rings. The molecule has 34 heavy (non-hydrogen) atoms. The molecule has 0 amide bonds. The van der Waals surface area contributed by atoms with E-state index >= 15 is 0 Å². The molecule has 0 spiro atoms. The molecule has 2 aliphatic rings. The molecule has 0 radical (unpaired) electrons. The lowest BCUT2D eigenvalue weighted by atomic mass is 9.92. The number of ether oxygens (including phenoxy) is 4. The van der Waals surface area contributed by atoms with Gasteiger partial charge in [0.05, 0.1) is 33.0 Å². The molecule has 4 atom stereocenters. The van der Waals surface area contributed by atoms with Crippen molar-refractivity contribution >= 4 is 17.6 Å². The molecular formula is C26H38ClNO6. The van der Waals surface area contributed by atoms with Gasteiger partial charge in [0, 0.05) is 43.4 Å². The zero-order valence-electron chi connectivity index (χ0n) is 20.1. The second-order valence-corrected chi connectivity index (χ2v) is 9.47. The first-order valence-electron chi connectivity index (χ1n) is 12.3. The number of aliphatic hydroxyl groups is 1. The Balaban J connectivity index is 1.32. The van der Waals surface area contributed by atoms with E-state index in [-0.39, 0.29) is 23.2 Å². The quantitative estimate of drug-likeness (QED) is 0.193. The normalized spacial score (nSPS) is 25.5. The Hall–Kier alpha value is -1.80. The molecule has 1 saturated carbocycles. The van der Waals surface area contributed by atoms with Crippen LogP contribution in [-0.4, -0.2) is 80.6 Å². The Kier molecular flexibility index (Phi) is 11.5. The van der Waals surface area contributed by atoms with Crippen molar-refractivity contribution < 1.29 is 28.8 Å². The lowest BCUT2D eigenvalue weighted by Gasteiger charge is -2.26. The number of carbonyl (C=O) groups is 1. The average molecular weight is 496 g/mol. The number of morpholine rings is 1. The van der Waals surface area contributed by atoms with Gasteiger partial charge < -0.3 is 24.1 Å². The van der Waals surface area contributed by atoms with Crippen LogP contribution < -0.4 is 9.47 Å². The van der Waals surface area contributed by atoms with Gasteiger partial charge in [0.2, 0.25) is 0 Å². The van der Waals surface area contributed by atoms with Crippen LogP contribution in [0.2, 0.25) is 0 Å². The Morgan fingerprint density at radius 3 is 2.82 bits per heavy atom. The van der Waals surface area contributed by atoms with Gasteiger partial charge in [-0.1, -0.05) is 18.2 Å². The monoisotopic (exact) mass is 495 g/mol. The van der Waals surface area contributed by atoms with E-state index in [2.05, 4.69) is 17.1 Å². The van der Waals surface area contributed by atoms with Crippen molar-refractivity contribution in [2.75, 3.05) is 53.2 Å². The number of alkyl halides is 1. The van der Waals surface area contributed by atoms with Crippen LogP contribution in [0.1, 0.15) is 32.1 Å². The molecule has 1 N–H and O–H groups in total. The number of carbonyl (C=O) groups excluding carboxylic acids is 1. The maximum Gasteiger partial charge on any atom is 0.305 e. The number of methoxy groups -OCH3 is 1. The Morgan fingerprint density at radius 2 is 2.03 bits per heavy atom. The fourth-order valence-electron chi connectivity index (χ4n) is 4.50. The SMILES string of the molecule is COc1cccc(OC[C@@H]2[C@@H](C/C=C\CCCC(=O)OCCN3CCOCC3)[C@H](Cl)C[C@H]2O)c1. The summed E-state index contributed by atoms with van der Waals surface area (Å²) in [6, 6.07) is 7.46. The number of nitrogens with zero attached hydrogens (tertiary/aromatic N) is 1. The minimum Gasteiger partial charge on any atom is -0.497 e. The summed E-state index contributed by atoms with van der Waals surface area (Å²) in [6.07, 6.45) is 7.07. The van der Waals surface area contributed by atoms with Gasteiger partial charge in [-0.15, -0.1) is 11.6 Å². The standard InChI is InChI=1S/C26H38ClNO6/c1-31-20-7-6-8-21(17-20)34-19-23-22(24(27)18-25(23)29)9-4-2-3-5-10-26(30)33-16-13-28-11-14-32-15-12-28/h2,4,6-8,17,22-25,29H,3,5,9-16,18-19H2,1H3/b4-2-/t22-,23-,24-,25-/m1/s1. The van der Waals surface area contributed by atoms with Crippen LogP contribution in [0.15, 0.2) is 36.4 Å². The van der Waals surface area contributed by atoms with Gasteiger partial charge in [-0.3, -0.25) is 9.69 Å². The van der Waals surface area contributed by atoms with Crippen molar-refractivity contribution in [3.8, 4) is 11.5 Å². The van der Waals surface area contributed by atoms with Crippen LogP contribution in [0, 0.1) is 11.8 Å². The number of hydrogen-bond acceptors (Lipinski definition) is 7. The predicted octanol–water partition coefficient (Wildman–Crippen LogP) is 3.67. The molecule has 1 aliphatic heterocycles. The number of allylic oxidation sites excluding steroid dienone is 2. The van der Waals surface area contributed by atoms with E-state index in [9.17, 15) is 9.90 Å². The maximum atomic E-state index is 11.9. The Morgan fingerprint density at radius 1 is 1.24 bits per heavy atom. The maximum absolute atomic E-state index is 11.9. The van der Waals surface area contributed by atoms with E-state index in [1.54, 1.807) is 7.11 Å². The second kappa shape index (κ2) is 14.6. The summed E-state index contributed by atoms with van der Waals surface area (Å²) in [4.78, 5) is 14.2. The van der Waals surface area contributed by atoms with Crippen LogP contribution in [-0.2, 0) is 14.3 Å². The minimum atomic E-state index is -0.473. The summed E-state index contributed by atoms with van der Waals surface area (Å²) >= 11 is 6.54. The molecule has 7 nitrogen and oxygen atoms in total. The van der Waals surface area contributed by atoms with Gasteiger partial charge in [0.25, 0.3) is 0 Å². The van der Waals surface area contributed by atoms with E-state index < -0.39 is 6.10 Å². The molecule has 1 heterocycles. The number of unbranched alkanes of at least 4 members (excludes halogenated alkanes) is 1. The van der Waals surface area contributed by atoms with E-state index in [1.165, 1.54) is 0 Å². The number of halogens is 1. The number of hydrogen-bond donors (Lipinski definition) is 1. The molecule has 1 saturated heterocycles. The average Bonchev–Trinajstić information content (AvgIpc) is 3.12. The van der Waals surface area contributed by atoms with Gasteiger partial charge in [0.1, 0.15) is 18.1 Å². The fraction of sp³-hybridized carbons (Fsp3) is 0.654. The molecule has 1 aromatic carbocycles. The molecule has 0 aromatic heterocycles. The highest BCUT2D eigenvalue weighted by atomic mass is 35.5. The fourth-order valence-corrected chi connectivity index (χ4v) is 4.97. The second-order valence-electron chi connectivity index (χ2n) is 8.91. The van der Waals surface area contributed by atoms with Gasteiger partial charge in [-0.25, -0.2) is 0 Å². The number of esters is 1. The third kappa shape index (κ3) is 8.77. The van der Waals surface area contributed by atoms with Crippen molar-refractivity contribution in [2.45, 2.75) is 43.6 Å².